The Hall–Kier alpha value is -3.54. The zero-order valence-electron chi connectivity index (χ0n) is 14.9. The average molecular weight is 366 g/mol. The summed E-state index contributed by atoms with van der Waals surface area (Å²) in [6.45, 7) is -0.400. The Morgan fingerprint density at radius 1 is 1.04 bits per heavy atom. The topological polar surface area (TPSA) is 75.0 Å². The lowest BCUT2D eigenvalue weighted by Gasteiger charge is -2.07. The van der Waals surface area contributed by atoms with Crippen LogP contribution in [0.5, 0.6) is 11.5 Å². The molecule has 0 N–H and O–H groups in total. The second-order valence-electron chi connectivity index (χ2n) is 5.62. The van der Waals surface area contributed by atoms with Crippen LogP contribution >= 0.6 is 0 Å². The van der Waals surface area contributed by atoms with E-state index in [1.807, 2.05) is 18.2 Å². The van der Waals surface area contributed by atoms with Gasteiger partial charge in [-0.25, -0.2) is 4.79 Å². The molecule has 0 radical (unpaired) electrons. The van der Waals surface area contributed by atoms with Crippen molar-refractivity contribution in [1.29, 1.82) is 0 Å². The van der Waals surface area contributed by atoms with Crippen LogP contribution < -0.4 is 9.47 Å². The number of para-hydroxylation sites is 1. The molecule has 0 amide bonds. The first-order valence-corrected chi connectivity index (χ1v) is 8.19. The van der Waals surface area contributed by atoms with Gasteiger partial charge in [0.15, 0.2) is 12.4 Å². The molecule has 0 aliphatic carbocycles. The summed E-state index contributed by atoms with van der Waals surface area (Å²) < 4.78 is 20.8. The molecule has 0 saturated carbocycles. The standard InChI is InChI=1S/C21H18O6/c1-24-16-9-7-14(19(12-16)25-2)8-10-21(23)26-13-17(22)20-11-15-5-3-4-6-18(15)27-20/h3-12H,13H2,1-2H3/b10-8+. The number of hydrogen-bond acceptors (Lipinski definition) is 6. The van der Waals surface area contributed by atoms with Gasteiger partial charge in [0.2, 0.25) is 5.78 Å². The molecule has 1 aromatic heterocycles. The molecule has 6 heteroatoms. The number of hydrogen-bond donors (Lipinski definition) is 0. The van der Waals surface area contributed by atoms with Crippen molar-refractivity contribution in [2.75, 3.05) is 20.8 Å². The highest BCUT2D eigenvalue weighted by atomic mass is 16.5. The first kappa shape index (κ1) is 18.3. The molecule has 0 fully saturated rings. The highest BCUT2D eigenvalue weighted by molar-refractivity contribution is 5.99. The van der Waals surface area contributed by atoms with Gasteiger partial charge in [0, 0.05) is 23.1 Å². The molecule has 3 aromatic rings. The van der Waals surface area contributed by atoms with Crippen molar-refractivity contribution in [2.45, 2.75) is 0 Å². The minimum atomic E-state index is -0.641. The number of ketones is 1. The third kappa shape index (κ3) is 4.36. The van der Waals surface area contributed by atoms with Crippen LogP contribution in [0.15, 0.2) is 59.0 Å². The van der Waals surface area contributed by atoms with Gasteiger partial charge in [-0.2, -0.15) is 0 Å². The highest BCUT2D eigenvalue weighted by Crippen LogP contribution is 2.25. The molecule has 0 spiro atoms. The molecule has 3 rings (SSSR count). The molecule has 0 atom stereocenters. The maximum atomic E-state index is 12.1. The third-order valence-corrected chi connectivity index (χ3v) is 3.89. The number of carbonyl (C=O) groups excluding carboxylic acids is 2. The van der Waals surface area contributed by atoms with Crippen LogP contribution in [0.1, 0.15) is 16.1 Å². The van der Waals surface area contributed by atoms with E-state index < -0.39 is 18.4 Å². The Morgan fingerprint density at radius 2 is 1.85 bits per heavy atom. The van der Waals surface area contributed by atoms with Gasteiger partial charge in [0.05, 0.1) is 14.2 Å². The smallest absolute Gasteiger partial charge is 0.331 e. The molecule has 0 bridgehead atoms. The van der Waals surface area contributed by atoms with Gasteiger partial charge in [-0.15, -0.1) is 0 Å². The lowest BCUT2D eigenvalue weighted by Crippen LogP contribution is -2.11. The SMILES string of the molecule is COc1ccc(/C=C/C(=O)OCC(=O)c2cc3ccccc3o2)c(OC)c1. The first-order chi connectivity index (χ1) is 13.1. The first-order valence-electron chi connectivity index (χ1n) is 8.19. The Labute approximate surface area is 155 Å². The number of fused-ring (bicyclic) bond motifs is 1. The van der Waals surface area contributed by atoms with Crippen LogP contribution in [-0.2, 0) is 9.53 Å². The fraction of sp³-hybridized carbons (Fsp3) is 0.143. The number of furan rings is 1. The van der Waals surface area contributed by atoms with Crippen LogP contribution in [0.4, 0.5) is 0 Å². The van der Waals surface area contributed by atoms with Crippen LogP contribution in [-0.4, -0.2) is 32.6 Å². The molecule has 2 aromatic carbocycles. The predicted molar refractivity (Wildman–Crippen MR) is 100 cm³/mol. The van der Waals surface area contributed by atoms with Crippen LogP contribution in [0.2, 0.25) is 0 Å². The molecule has 0 unspecified atom stereocenters. The van der Waals surface area contributed by atoms with E-state index in [1.54, 1.807) is 43.5 Å². The van der Waals surface area contributed by atoms with Gasteiger partial charge in [0.25, 0.3) is 0 Å². The lowest BCUT2D eigenvalue weighted by atomic mass is 10.2. The summed E-state index contributed by atoms with van der Waals surface area (Å²) in [5.74, 6) is 0.303. The van der Waals surface area contributed by atoms with E-state index >= 15 is 0 Å². The maximum Gasteiger partial charge on any atom is 0.331 e. The number of esters is 1. The summed E-state index contributed by atoms with van der Waals surface area (Å²) >= 11 is 0. The van der Waals surface area contributed by atoms with E-state index in [-0.39, 0.29) is 5.76 Å². The van der Waals surface area contributed by atoms with Gasteiger partial charge in [-0.05, 0) is 30.3 Å². The number of benzene rings is 2. The van der Waals surface area contributed by atoms with E-state index in [2.05, 4.69) is 0 Å². The summed E-state index contributed by atoms with van der Waals surface area (Å²) in [5.41, 5.74) is 1.29. The Balaban J connectivity index is 1.60. The van der Waals surface area contributed by atoms with E-state index in [0.29, 0.717) is 22.6 Å². The van der Waals surface area contributed by atoms with Crippen LogP contribution in [0, 0.1) is 0 Å². The number of ether oxygens (including phenoxy) is 3. The molecule has 138 valence electrons. The third-order valence-electron chi connectivity index (χ3n) is 3.89. The van der Waals surface area contributed by atoms with E-state index in [1.165, 1.54) is 13.2 Å². The Kier molecular flexibility index (Phi) is 5.56. The molecule has 0 aliphatic rings. The minimum absolute atomic E-state index is 0.157. The van der Waals surface area contributed by atoms with Crippen molar-refractivity contribution in [3.63, 3.8) is 0 Å². The summed E-state index contributed by atoms with van der Waals surface area (Å²) in [6.07, 6.45) is 2.78. The molecule has 0 saturated heterocycles. The van der Waals surface area contributed by atoms with Crippen LogP contribution in [0.25, 0.3) is 17.0 Å². The van der Waals surface area contributed by atoms with Gasteiger partial charge in [-0.1, -0.05) is 18.2 Å². The van der Waals surface area contributed by atoms with Crippen molar-refractivity contribution < 1.29 is 28.2 Å². The number of carbonyl (C=O) groups is 2. The summed E-state index contributed by atoms with van der Waals surface area (Å²) in [7, 11) is 3.08. The molecule has 1 heterocycles. The van der Waals surface area contributed by atoms with E-state index in [9.17, 15) is 9.59 Å². The van der Waals surface area contributed by atoms with E-state index in [4.69, 9.17) is 18.6 Å². The van der Waals surface area contributed by atoms with Gasteiger partial charge in [0.1, 0.15) is 17.1 Å². The number of methoxy groups -OCH3 is 2. The summed E-state index contributed by atoms with van der Waals surface area (Å²) in [4.78, 5) is 24.0. The van der Waals surface area contributed by atoms with Crippen molar-refractivity contribution >= 4 is 28.8 Å². The monoisotopic (exact) mass is 366 g/mol. The lowest BCUT2D eigenvalue weighted by molar-refractivity contribution is -0.136. The van der Waals surface area contributed by atoms with E-state index in [0.717, 1.165) is 5.39 Å². The average Bonchev–Trinajstić information content (AvgIpc) is 3.14. The molecule has 6 nitrogen and oxygen atoms in total. The van der Waals surface area contributed by atoms with Crippen LogP contribution in [0.3, 0.4) is 0 Å². The fourth-order valence-electron chi connectivity index (χ4n) is 2.49. The van der Waals surface area contributed by atoms with Gasteiger partial charge < -0.3 is 18.6 Å². The highest BCUT2D eigenvalue weighted by Gasteiger charge is 2.14. The number of rotatable bonds is 7. The quantitative estimate of drug-likeness (QED) is 0.359. The van der Waals surface area contributed by atoms with Gasteiger partial charge in [-0.3, -0.25) is 4.79 Å². The fourth-order valence-corrected chi connectivity index (χ4v) is 2.49. The Morgan fingerprint density at radius 3 is 2.59 bits per heavy atom. The molecular weight excluding hydrogens is 348 g/mol. The summed E-state index contributed by atoms with van der Waals surface area (Å²) in [5, 5.41) is 0.818. The minimum Gasteiger partial charge on any atom is -0.497 e. The van der Waals surface area contributed by atoms with Gasteiger partial charge >= 0.3 is 5.97 Å². The molecule has 0 aliphatic heterocycles. The second-order valence-corrected chi connectivity index (χ2v) is 5.62. The predicted octanol–water partition coefficient (Wildman–Crippen LogP) is 3.89. The van der Waals surface area contributed by atoms with Crippen molar-refractivity contribution in [3.8, 4) is 11.5 Å². The number of Topliss-reactive ketones (excluding diaryl/α,β-unsaturated/α-hetero) is 1. The normalized spacial score (nSPS) is 10.9. The zero-order chi connectivity index (χ0) is 19.2. The van der Waals surface area contributed by atoms with Crippen molar-refractivity contribution in [3.05, 3.63) is 65.9 Å². The van der Waals surface area contributed by atoms with Crippen molar-refractivity contribution in [1.82, 2.24) is 0 Å². The second kappa shape index (κ2) is 8.23. The largest absolute Gasteiger partial charge is 0.497 e. The maximum absolute atomic E-state index is 12.1. The summed E-state index contributed by atoms with van der Waals surface area (Å²) in [6, 6.07) is 14.1. The Bertz CT molecular complexity index is 966. The molecule has 27 heavy (non-hydrogen) atoms. The molecular formula is C21H18O6. The zero-order valence-corrected chi connectivity index (χ0v) is 14.9. The van der Waals surface area contributed by atoms with Crippen molar-refractivity contribution in [2.24, 2.45) is 0 Å².